The van der Waals surface area contributed by atoms with Crippen molar-refractivity contribution < 1.29 is 0 Å². The summed E-state index contributed by atoms with van der Waals surface area (Å²) in [5.74, 6) is 0. The minimum absolute atomic E-state index is 1.02. The molecule has 2 aromatic rings. The van der Waals surface area contributed by atoms with Gasteiger partial charge in [0.25, 0.3) is 0 Å². The van der Waals surface area contributed by atoms with Crippen molar-refractivity contribution in [3.63, 3.8) is 0 Å². The Kier molecular flexibility index (Phi) is 3.97. The molecule has 0 atom stereocenters. The van der Waals surface area contributed by atoms with Crippen molar-refractivity contribution in [3.05, 3.63) is 33.4 Å². The highest BCUT2D eigenvalue weighted by molar-refractivity contribution is 9.10. The summed E-state index contributed by atoms with van der Waals surface area (Å²) in [6, 6.07) is 4.40. The van der Waals surface area contributed by atoms with Crippen molar-refractivity contribution in [2.75, 3.05) is 11.9 Å². The molecule has 0 fully saturated rings. The number of aromatic nitrogens is 1. The largest absolute Gasteiger partial charge is 0.384 e. The number of aryl methyl sites for hydroxylation is 2. The van der Waals surface area contributed by atoms with Gasteiger partial charge in [0.2, 0.25) is 0 Å². The molecule has 0 bridgehead atoms. The molecule has 3 rings (SSSR count). The fourth-order valence-corrected chi connectivity index (χ4v) is 3.44. The van der Waals surface area contributed by atoms with E-state index in [0.29, 0.717) is 0 Å². The summed E-state index contributed by atoms with van der Waals surface area (Å²) >= 11 is 3.72. The molecular weight excluding hydrogens is 312 g/mol. The van der Waals surface area contributed by atoms with Gasteiger partial charge in [-0.1, -0.05) is 19.1 Å². The van der Waals surface area contributed by atoms with Crippen LogP contribution in [-0.4, -0.2) is 11.5 Å². The zero-order chi connectivity index (χ0) is 14.1. The Morgan fingerprint density at radius 3 is 2.85 bits per heavy atom. The van der Waals surface area contributed by atoms with Gasteiger partial charge in [-0.05, 0) is 66.1 Å². The lowest BCUT2D eigenvalue weighted by atomic mass is 9.92. The maximum absolute atomic E-state index is 4.96. The van der Waals surface area contributed by atoms with Crippen LogP contribution in [0.1, 0.15) is 43.0 Å². The minimum atomic E-state index is 1.02. The summed E-state index contributed by atoms with van der Waals surface area (Å²) in [4.78, 5) is 4.96. The maximum atomic E-state index is 4.96. The first-order valence-corrected chi connectivity index (χ1v) is 8.36. The average molecular weight is 333 g/mol. The van der Waals surface area contributed by atoms with E-state index < -0.39 is 0 Å². The molecular formula is C17H21BrN2. The number of nitrogens with one attached hydrogen (secondary N) is 1. The third-order valence-corrected chi connectivity index (χ3v) is 5.12. The van der Waals surface area contributed by atoms with Crippen LogP contribution in [0, 0.1) is 6.92 Å². The molecule has 3 heteroatoms. The number of rotatable bonds is 3. The van der Waals surface area contributed by atoms with E-state index in [2.05, 4.69) is 47.2 Å². The van der Waals surface area contributed by atoms with Crippen LogP contribution in [0.4, 0.5) is 5.69 Å². The van der Waals surface area contributed by atoms with Gasteiger partial charge in [0.05, 0.1) is 5.52 Å². The van der Waals surface area contributed by atoms with Crippen LogP contribution in [0.5, 0.6) is 0 Å². The Balaban J connectivity index is 2.27. The highest BCUT2D eigenvalue weighted by Gasteiger charge is 2.19. The van der Waals surface area contributed by atoms with Crippen molar-refractivity contribution >= 4 is 32.5 Å². The first kappa shape index (κ1) is 13.9. The molecule has 1 aliphatic rings. The first-order chi connectivity index (χ1) is 9.72. The fourth-order valence-electron chi connectivity index (χ4n) is 3.01. The zero-order valence-corrected chi connectivity index (χ0v) is 13.8. The van der Waals surface area contributed by atoms with E-state index >= 15 is 0 Å². The Morgan fingerprint density at radius 2 is 2.05 bits per heavy atom. The van der Waals surface area contributed by atoms with Crippen LogP contribution < -0.4 is 5.32 Å². The van der Waals surface area contributed by atoms with Gasteiger partial charge in [-0.3, -0.25) is 4.98 Å². The summed E-state index contributed by atoms with van der Waals surface area (Å²) in [5.41, 5.74) is 6.44. The lowest BCUT2D eigenvalue weighted by molar-refractivity contribution is 0.671. The molecule has 0 saturated carbocycles. The molecule has 2 nitrogen and oxygen atoms in total. The van der Waals surface area contributed by atoms with Gasteiger partial charge in [-0.15, -0.1) is 0 Å². The molecule has 20 heavy (non-hydrogen) atoms. The fraction of sp³-hybridized carbons (Fsp3) is 0.471. The summed E-state index contributed by atoms with van der Waals surface area (Å²) in [6.07, 6.45) is 5.98. The van der Waals surface area contributed by atoms with E-state index in [9.17, 15) is 0 Å². The van der Waals surface area contributed by atoms with Crippen molar-refractivity contribution in [2.24, 2.45) is 0 Å². The van der Waals surface area contributed by atoms with Crippen LogP contribution in [0.2, 0.25) is 0 Å². The number of anilines is 1. The highest BCUT2D eigenvalue weighted by atomic mass is 79.9. The van der Waals surface area contributed by atoms with Crippen LogP contribution in [-0.2, 0) is 12.8 Å². The number of hydrogen-bond acceptors (Lipinski definition) is 2. The van der Waals surface area contributed by atoms with E-state index in [1.54, 1.807) is 0 Å². The number of fused-ring (bicyclic) bond motifs is 2. The van der Waals surface area contributed by atoms with Crippen molar-refractivity contribution in [1.82, 2.24) is 4.98 Å². The Hall–Kier alpha value is -1.09. The minimum Gasteiger partial charge on any atom is -0.384 e. The standard InChI is InChI=1S/C17H21BrN2/c1-3-10-19-16-12-6-4-5-7-14(12)20-17-13(16)9-8-11(2)15(17)18/h8-9H,3-7,10H2,1-2H3,(H,19,20). The normalized spacial score (nSPS) is 14.3. The van der Waals surface area contributed by atoms with Crippen molar-refractivity contribution in [1.29, 1.82) is 0 Å². The highest BCUT2D eigenvalue weighted by Crippen LogP contribution is 2.37. The number of hydrogen-bond donors (Lipinski definition) is 1. The molecule has 106 valence electrons. The molecule has 0 radical (unpaired) electrons. The van der Waals surface area contributed by atoms with Crippen LogP contribution >= 0.6 is 15.9 Å². The van der Waals surface area contributed by atoms with Crippen LogP contribution in [0.3, 0.4) is 0 Å². The number of benzene rings is 1. The second-order valence-electron chi connectivity index (χ2n) is 5.64. The molecule has 0 aliphatic heterocycles. The van der Waals surface area contributed by atoms with Gasteiger partial charge in [-0.2, -0.15) is 0 Å². The van der Waals surface area contributed by atoms with Crippen LogP contribution in [0.15, 0.2) is 16.6 Å². The predicted molar refractivity (Wildman–Crippen MR) is 89.6 cm³/mol. The molecule has 1 aromatic heterocycles. The van der Waals surface area contributed by atoms with Crippen molar-refractivity contribution in [2.45, 2.75) is 46.0 Å². The van der Waals surface area contributed by atoms with Gasteiger partial charge in [0.1, 0.15) is 0 Å². The number of nitrogens with zero attached hydrogens (tertiary/aromatic N) is 1. The number of halogens is 1. The summed E-state index contributed by atoms with van der Waals surface area (Å²) in [5, 5.41) is 4.91. The van der Waals surface area contributed by atoms with E-state index in [-0.39, 0.29) is 0 Å². The third kappa shape index (κ3) is 2.32. The van der Waals surface area contributed by atoms with Gasteiger partial charge < -0.3 is 5.32 Å². The Bertz CT molecular complexity index is 649. The van der Waals surface area contributed by atoms with E-state index in [4.69, 9.17) is 4.98 Å². The van der Waals surface area contributed by atoms with Gasteiger partial charge in [0.15, 0.2) is 0 Å². The molecule has 1 N–H and O–H groups in total. The quantitative estimate of drug-likeness (QED) is 0.854. The lowest BCUT2D eigenvalue weighted by Crippen LogP contribution is -2.12. The average Bonchev–Trinajstić information content (AvgIpc) is 2.48. The molecule has 0 saturated heterocycles. The molecule has 1 aliphatic carbocycles. The second kappa shape index (κ2) is 5.72. The Morgan fingerprint density at radius 1 is 1.25 bits per heavy atom. The predicted octanol–water partition coefficient (Wildman–Crippen LogP) is 5.01. The molecule has 1 aromatic carbocycles. The molecule has 1 heterocycles. The van der Waals surface area contributed by atoms with Crippen LogP contribution in [0.25, 0.3) is 10.9 Å². The third-order valence-electron chi connectivity index (χ3n) is 4.12. The molecule has 0 amide bonds. The lowest BCUT2D eigenvalue weighted by Gasteiger charge is -2.22. The smallest absolute Gasteiger partial charge is 0.0870 e. The topological polar surface area (TPSA) is 24.9 Å². The second-order valence-corrected chi connectivity index (χ2v) is 6.43. The molecule has 0 spiro atoms. The summed E-state index contributed by atoms with van der Waals surface area (Å²) < 4.78 is 1.14. The van der Waals surface area contributed by atoms with Gasteiger partial charge in [-0.25, -0.2) is 0 Å². The zero-order valence-electron chi connectivity index (χ0n) is 12.2. The molecule has 0 unspecified atom stereocenters. The summed E-state index contributed by atoms with van der Waals surface area (Å²) in [7, 11) is 0. The van der Waals surface area contributed by atoms with E-state index in [1.165, 1.54) is 40.7 Å². The van der Waals surface area contributed by atoms with Crippen molar-refractivity contribution in [3.8, 4) is 0 Å². The van der Waals surface area contributed by atoms with E-state index in [0.717, 1.165) is 35.8 Å². The summed E-state index contributed by atoms with van der Waals surface area (Å²) in [6.45, 7) is 5.36. The Labute approximate surface area is 129 Å². The van der Waals surface area contributed by atoms with Gasteiger partial charge >= 0.3 is 0 Å². The monoisotopic (exact) mass is 332 g/mol. The van der Waals surface area contributed by atoms with Gasteiger partial charge in [0, 0.05) is 27.8 Å². The first-order valence-electron chi connectivity index (χ1n) is 7.56. The maximum Gasteiger partial charge on any atom is 0.0870 e. The SMILES string of the molecule is CCCNc1c2c(nc3c(Br)c(C)ccc13)CCCC2. The number of pyridine rings is 1. The van der Waals surface area contributed by atoms with E-state index in [1.807, 2.05) is 0 Å².